The average molecular weight is 237 g/mol. The van der Waals surface area contributed by atoms with Gasteiger partial charge in [0.15, 0.2) is 0 Å². The molecule has 0 bridgehead atoms. The minimum absolute atomic E-state index is 0.237. The van der Waals surface area contributed by atoms with Gasteiger partial charge in [-0.25, -0.2) is 4.79 Å². The van der Waals surface area contributed by atoms with Crippen molar-refractivity contribution in [2.24, 2.45) is 0 Å². The maximum absolute atomic E-state index is 11.5. The van der Waals surface area contributed by atoms with E-state index in [1.165, 1.54) is 7.11 Å². The second-order valence-corrected chi connectivity index (χ2v) is 3.86. The number of carbonyl (C=O) groups excluding carboxylic acids is 1. The highest BCUT2D eigenvalue weighted by Crippen LogP contribution is 2.17. The molecule has 1 aromatic carbocycles. The van der Waals surface area contributed by atoms with E-state index in [9.17, 15) is 4.79 Å². The fourth-order valence-corrected chi connectivity index (χ4v) is 1.53. The van der Waals surface area contributed by atoms with Crippen LogP contribution < -0.4 is 5.32 Å². The molecule has 4 heteroatoms. The molecule has 0 amide bonds. The number of anilines is 1. The summed E-state index contributed by atoms with van der Waals surface area (Å²) in [6, 6.07) is 7.56. The van der Waals surface area contributed by atoms with E-state index in [2.05, 4.69) is 5.32 Å². The van der Waals surface area contributed by atoms with Crippen molar-refractivity contribution in [1.82, 2.24) is 0 Å². The van der Waals surface area contributed by atoms with Gasteiger partial charge in [-0.15, -0.1) is 0 Å². The smallest absolute Gasteiger partial charge is 0.339 e. The number of hydrogen-bond acceptors (Lipinski definition) is 4. The molecule has 0 heterocycles. The number of carbonyl (C=O) groups is 1. The Morgan fingerprint density at radius 1 is 1.35 bits per heavy atom. The largest absolute Gasteiger partial charge is 0.465 e. The van der Waals surface area contributed by atoms with Crippen molar-refractivity contribution in [2.75, 3.05) is 26.1 Å². The molecule has 4 nitrogen and oxygen atoms in total. The molecule has 17 heavy (non-hydrogen) atoms. The third kappa shape index (κ3) is 4.07. The van der Waals surface area contributed by atoms with E-state index in [4.69, 9.17) is 9.47 Å². The quantitative estimate of drug-likeness (QED) is 0.771. The minimum Gasteiger partial charge on any atom is -0.465 e. The summed E-state index contributed by atoms with van der Waals surface area (Å²) >= 11 is 0. The van der Waals surface area contributed by atoms with Gasteiger partial charge in [0.25, 0.3) is 0 Å². The van der Waals surface area contributed by atoms with Gasteiger partial charge in [-0.2, -0.15) is 0 Å². The van der Waals surface area contributed by atoms with Gasteiger partial charge < -0.3 is 14.8 Å². The Morgan fingerprint density at radius 2 is 2.06 bits per heavy atom. The Morgan fingerprint density at radius 3 is 2.71 bits per heavy atom. The van der Waals surface area contributed by atoms with Crippen LogP contribution >= 0.6 is 0 Å². The molecule has 0 fully saturated rings. The van der Waals surface area contributed by atoms with E-state index in [0.29, 0.717) is 12.2 Å². The third-order valence-corrected chi connectivity index (χ3v) is 2.49. The van der Waals surface area contributed by atoms with Crippen LogP contribution in [0, 0.1) is 0 Å². The van der Waals surface area contributed by atoms with Crippen molar-refractivity contribution < 1.29 is 14.3 Å². The van der Waals surface area contributed by atoms with Crippen molar-refractivity contribution >= 4 is 11.7 Å². The number of methoxy groups -OCH3 is 2. The molecule has 0 aliphatic heterocycles. The lowest BCUT2D eigenvalue weighted by Gasteiger charge is -2.16. The lowest BCUT2D eigenvalue weighted by atomic mass is 10.1. The van der Waals surface area contributed by atoms with Crippen LogP contribution in [0.5, 0.6) is 0 Å². The summed E-state index contributed by atoms with van der Waals surface area (Å²) in [5.74, 6) is -0.327. The highest BCUT2D eigenvalue weighted by molar-refractivity contribution is 5.95. The van der Waals surface area contributed by atoms with Crippen LogP contribution in [0.2, 0.25) is 0 Å². The average Bonchev–Trinajstić information content (AvgIpc) is 2.36. The standard InChI is InChI=1S/C13H19NO3/c1-10(8-9-16-2)14-12-7-5-4-6-11(12)13(15)17-3/h4-7,10,14H,8-9H2,1-3H3. The van der Waals surface area contributed by atoms with Crippen LogP contribution in [-0.4, -0.2) is 32.8 Å². The van der Waals surface area contributed by atoms with E-state index < -0.39 is 0 Å². The molecule has 0 aromatic heterocycles. The van der Waals surface area contributed by atoms with E-state index >= 15 is 0 Å². The van der Waals surface area contributed by atoms with Crippen LogP contribution in [0.25, 0.3) is 0 Å². The van der Waals surface area contributed by atoms with Gasteiger partial charge in [0.05, 0.1) is 12.7 Å². The first-order chi connectivity index (χ1) is 8.19. The molecule has 1 atom stereocenters. The lowest BCUT2D eigenvalue weighted by molar-refractivity contribution is 0.0602. The van der Waals surface area contributed by atoms with Crippen LogP contribution in [-0.2, 0) is 9.47 Å². The molecular formula is C13H19NO3. The van der Waals surface area contributed by atoms with E-state index in [-0.39, 0.29) is 12.0 Å². The number of nitrogens with one attached hydrogen (secondary N) is 1. The second-order valence-electron chi connectivity index (χ2n) is 3.86. The zero-order chi connectivity index (χ0) is 12.7. The first-order valence-corrected chi connectivity index (χ1v) is 5.62. The van der Waals surface area contributed by atoms with Crippen molar-refractivity contribution in [1.29, 1.82) is 0 Å². The molecule has 0 spiro atoms. The van der Waals surface area contributed by atoms with Gasteiger partial charge in [0.2, 0.25) is 0 Å². The Balaban J connectivity index is 2.73. The first-order valence-electron chi connectivity index (χ1n) is 5.62. The summed E-state index contributed by atoms with van der Waals surface area (Å²) in [5, 5.41) is 3.28. The predicted octanol–water partition coefficient (Wildman–Crippen LogP) is 2.31. The van der Waals surface area contributed by atoms with Crippen LogP contribution in [0.4, 0.5) is 5.69 Å². The van der Waals surface area contributed by atoms with Crippen molar-refractivity contribution in [3.63, 3.8) is 0 Å². The summed E-state index contributed by atoms with van der Waals surface area (Å²) in [7, 11) is 3.06. The third-order valence-electron chi connectivity index (χ3n) is 2.49. The van der Waals surface area contributed by atoms with Gasteiger partial charge in [-0.05, 0) is 25.5 Å². The monoisotopic (exact) mass is 237 g/mol. The maximum atomic E-state index is 11.5. The van der Waals surface area contributed by atoms with Crippen molar-refractivity contribution in [2.45, 2.75) is 19.4 Å². The number of ether oxygens (including phenoxy) is 2. The van der Waals surface area contributed by atoms with Gasteiger partial charge in [0, 0.05) is 25.4 Å². The topological polar surface area (TPSA) is 47.6 Å². The van der Waals surface area contributed by atoms with Gasteiger partial charge in [0.1, 0.15) is 0 Å². The zero-order valence-electron chi connectivity index (χ0n) is 10.5. The highest BCUT2D eigenvalue weighted by atomic mass is 16.5. The molecule has 0 radical (unpaired) electrons. The first kappa shape index (κ1) is 13.5. The lowest BCUT2D eigenvalue weighted by Crippen LogP contribution is -2.19. The Hall–Kier alpha value is -1.55. The Bertz CT molecular complexity index is 365. The molecule has 1 N–H and O–H groups in total. The van der Waals surface area contributed by atoms with Crippen molar-refractivity contribution in [3.8, 4) is 0 Å². The highest BCUT2D eigenvalue weighted by Gasteiger charge is 2.12. The number of esters is 1. The number of para-hydroxylation sites is 1. The van der Waals surface area contributed by atoms with Crippen molar-refractivity contribution in [3.05, 3.63) is 29.8 Å². The molecule has 0 aliphatic carbocycles. The van der Waals surface area contributed by atoms with Gasteiger partial charge >= 0.3 is 5.97 Å². The maximum Gasteiger partial charge on any atom is 0.339 e. The molecule has 1 aromatic rings. The molecule has 0 saturated carbocycles. The fraction of sp³-hybridized carbons (Fsp3) is 0.462. The summed E-state index contributed by atoms with van der Waals surface area (Å²) in [6.07, 6.45) is 0.881. The second kappa shape index (κ2) is 6.91. The normalized spacial score (nSPS) is 11.9. The van der Waals surface area contributed by atoms with E-state index in [0.717, 1.165) is 12.1 Å². The van der Waals surface area contributed by atoms with Crippen LogP contribution in [0.1, 0.15) is 23.7 Å². The van der Waals surface area contributed by atoms with E-state index in [1.54, 1.807) is 13.2 Å². The molecule has 94 valence electrons. The minimum atomic E-state index is -0.327. The fourth-order valence-electron chi connectivity index (χ4n) is 1.53. The Labute approximate surface area is 102 Å². The van der Waals surface area contributed by atoms with Crippen LogP contribution in [0.3, 0.4) is 0 Å². The summed E-state index contributed by atoms with van der Waals surface area (Å²) < 4.78 is 9.75. The molecule has 1 rings (SSSR count). The molecule has 0 aliphatic rings. The van der Waals surface area contributed by atoms with Gasteiger partial charge in [-0.3, -0.25) is 0 Å². The van der Waals surface area contributed by atoms with Gasteiger partial charge in [-0.1, -0.05) is 12.1 Å². The number of benzene rings is 1. The molecular weight excluding hydrogens is 218 g/mol. The summed E-state index contributed by atoms with van der Waals surface area (Å²) in [4.78, 5) is 11.5. The summed E-state index contributed by atoms with van der Waals surface area (Å²) in [6.45, 7) is 2.74. The van der Waals surface area contributed by atoms with Crippen LogP contribution in [0.15, 0.2) is 24.3 Å². The number of rotatable bonds is 6. The van der Waals surface area contributed by atoms with E-state index in [1.807, 2.05) is 25.1 Å². The SMILES string of the molecule is COCCC(C)Nc1ccccc1C(=O)OC. The zero-order valence-corrected chi connectivity index (χ0v) is 10.5. The summed E-state index contributed by atoms with van der Waals surface area (Å²) in [5.41, 5.74) is 1.35. The molecule has 0 saturated heterocycles. The number of hydrogen-bond donors (Lipinski definition) is 1. The Kier molecular flexibility index (Phi) is 5.49. The molecule has 1 unspecified atom stereocenters. The predicted molar refractivity (Wildman–Crippen MR) is 67.4 cm³/mol.